The van der Waals surface area contributed by atoms with Crippen molar-refractivity contribution in [3.63, 3.8) is 0 Å². The second kappa shape index (κ2) is 6.85. The minimum Gasteiger partial charge on any atom is -0.377 e. The van der Waals surface area contributed by atoms with E-state index in [2.05, 4.69) is 12.0 Å². The number of amides is 1. The number of ether oxygens (including phenoxy) is 1. The van der Waals surface area contributed by atoms with Gasteiger partial charge >= 0.3 is 0 Å². The van der Waals surface area contributed by atoms with Crippen molar-refractivity contribution in [2.75, 3.05) is 26.3 Å². The van der Waals surface area contributed by atoms with Gasteiger partial charge in [0, 0.05) is 18.8 Å². The maximum absolute atomic E-state index is 12.7. The predicted octanol–water partition coefficient (Wildman–Crippen LogP) is 0.791. The van der Waals surface area contributed by atoms with Gasteiger partial charge < -0.3 is 15.4 Å². The van der Waals surface area contributed by atoms with Crippen molar-refractivity contribution in [2.24, 2.45) is 5.73 Å². The third kappa shape index (κ3) is 3.02. The van der Waals surface area contributed by atoms with Gasteiger partial charge in [-0.3, -0.25) is 9.48 Å². The highest BCUT2D eigenvalue weighted by Crippen LogP contribution is 2.17. The molecule has 0 radical (unpaired) electrons. The molecular formula is C14H24N4O2. The third-order valence-corrected chi connectivity index (χ3v) is 3.87. The summed E-state index contributed by atoms with van der Waals surface area (Å²) in [6.45, 7) is 7.31. The number of nitrogens with two attached hydrogens (primary N) is 1. The van der Waals surface area contributed by atoms with Crippen LogP contribution in [0.5, 0.6) is 0 Å². The van der Waals surface area contributed by atoms with Gasteiger partial charge in [0.05, 0.1) is 31.0 Å². The van der Waals surface area contributed by atoms with Crippen LogP contribution in [0.2, 0.25) is 0 Å². The Kier molecular flexibility index (Phi) is 5.14. The van der Waals surface area contributed by atoms with Crippen LogP contribution in [0.4, 0.5) is 0 Å². The summed E-state index contributed by atoms with van der Waals surface area (Å²) in [7, 11) is 0. The molecule has 1 aliphatic rings. The molecule has 2 N–H and O–H groups in total. The minimum absolute atomic E-state index is 0.0663. The Bertz CT molecular complexity index is 458. The lowest BCUT2D eigenvalue weighted by Gasteiger charge is -2.35. The predicted molar refractivity (Wildman–Crippen MR) is 76.6 cm³/mol. The van der Waals surface area contributed by atoms with Gasteiger partial charge in [0.15, 0.2) is 0 Å². The number of aryl methyl sites for hydroxylation is 1. The van der Waals surface area contributed by atoms with Crippen LogP contribution in [-0.4, -0.2) is 52.9 Å². The topological polar surface area (TPSA) is 73.4 Å². The Hall–Kier alpha value is -1.40. The first-order chi connectivity index (χ1) is 9.69. The maximum Gasteiger partial charge on any atom is 0.257 e. The first kappa shape index (κ1) is 15.0. The van der Waals surface area contributed by atoms with Crippen LogP contribution in [0, 0.1) is 6.92 Å². The zero-order valence-corrected chi connectivity index (χ0v) is 12.3. The highest BCUT2D eigenvalue weighted by Gasteiger charge is 2.28. The van der Waals surface area contributed by atoms with Crippen LogP contribution in [0.25, 0.3) is 0 Å². The van der Waals surface area contributed by atoms with E-state index in [1.807, 2.05) is 16.5 Å². The lowest BCUT2D eigenvalue weighted by Crippen LogP contribution is -2.48. The zero-order valence-electron chi connectivity index (χ0n) is 12.3. The molecule has 112 valence electrons. The molecule has 1 fully saturated rings. The van der Waals surface area contributed by atoms with Crippen LogP contribution in [0.1, 0.15) is 35.8 Å². The molecule has 0 aromatic carbocycles. The van der Waals surface area contributed by atoms with Gasteiger partial charge in [-0.15, -0.1) is 0 Å². The Morgan fingerprint density at radius 2 is 2.40 bits per heavy atom. The largest absolute Gasteiger partial charge is 0.377 e. The first-order valence-electron chi connectivity index (χ1n) is 7.30. The van der Waals surface area contributed by atoms with Gasteiger partial charge in [-0.1, -0.05) is 6.92 Å². The molecule has 1 amide bonds. The number of hydrogen-bond donors (Lipinski definition) is 1. The van der Waals surface area contributed by atoms with Crippen molar-refractivity contribution < 1.29 is 9.53 Å². The van der Waals surface area contributed by atoms with Gasteiger partial charge in [-0.05, 0) is 26.3 Å². The fourth-order valence-corrected chi connectivity index (χ4v) is 2.54. The third-order valence-electron chi connectivity index (χ3n) is 3.87. The lowest BCUT2D eigenvalue weighted by atomic mass is 10.1. The van der Waals surface area contributed by atoms with E-state index in [0.717, 1.165) is 25.1 Å². The summed E-state index contributed by atoms with van der Waals surface area (Å²) in [6, 6.07) is 0.169. The van der Waals surface area contributed by atoms with Crippen molar-refractivity contribution >= 4 is 5.91 Å². The summed E-state index contributed by atoms with van der Waals surface area (Å²) >= 11 is 0. The number of rotatable bonds is 5. The van der Waals surface area contributed by atoms with E-state index in [0.29, 0.717) is 31.9 Å². The Balaban J connectivity index is 2.13. The highest BCUT2D eigenvalue weighted by atomic mass is 16.5. The van der Waals surface area contributed by atoms with E-state index in [-0.39, 0.29) is 11.9 Å². The van der Waals surface area contributed by atoms with Gasteiger partial charge in [-0.25, -0.2) is 0 Å². The van der Waals surface area contributed by atoms with Gasteiger partial charge in [-0.2, -0.15) is 5.10 Å². The second-order valence-corrected chi connectivity index (χ2v) is 5.14. The molecule has 1 unspecified atom stereocenters. The molecule has 1 aromatic heterocycles. The van der Waals surface area contributed by atoms with Crippen LogP contribution in [0.3, 0.4) is 0 Å². The summed E-state index contributed by atoms with van der Waals surface area (Å²) in [6.07, 6.45) is 3.45. The first-order valence-corrected chi connectivity index (χ1v) is 7.30. The monoisotopic (exact) mass is 280 g/mol. The number of nitrogens with zero attached hydrogens (tertiary/aromatic N) is 3. The summed E-state index contributed by atoms with van der Waals surface area (Å²) in [4.78, 5) is 14.6. The van der Waals surface area contributed by atoms with Crippen LogP contribution >= 0.6 is 0 Å². The van der Waals surface area contributed by atoms with Crippen molar-refractivity contribution in [1.82, 2.24) is 14.7 Å². The molecule has 6 heteroatoms. The number of carbonyl (C=O) groups is 1. The van der Waals surface area contributed by atoms with Gasteiger partial charge in [0.25, 0.3) is 5.91 Å². The molecular weight excluding hydrogens is 256 g/mol. The van der Waals surface area contributed by atoms with Crippen molar-refractivity contribution in [2.45, 2.75) is 39.3 Å². The normalized spacial score (nSPS) is 19.4. The minimum atomic E-state index is 0.0663. The highest BCUT2D eigenvalue weighted by molar-refractivity contribution is 5.95. The summed E-state index contributed by atoms with van der Waals surface area (Å²) in [5.41, 5.74) is 7.13. The van der Waals surface area contributed by atoms with Crippen molar-refractivity contribution in [1.29, 1.82) is 0 Å². The van der Waals surface area contributed by atoms with Gasteiger partial charge in [0.2, 0.25) is 0 Å². The Labute approximate surface area is 119 Å². The Morgan fingerprint density at radius 3 is 3.10 bits per heavy atom. The average Bonchev–Trinajstić information content (AvgIpc) is 2.85. The molecule has 6 nitrogen and oxygen atoms in total. The number of morpholine rings is 1. The number of carbonyl (C=O) groups excluding carboxylic acids is 1. The second-order valence-electron chi connectivity index (χ2n) is 5.14. The molecule has 1 aromatic rings. The number of hydrogen-bond acceptors (Lipinski definition) is 4. The molecule has 1 atom stereocenters. The SMILES string of the molecule is CCC1COCCN1C(=O)c1cnn(CCCN)c1C. The fraction of sp³-hybridized carbons (Fsp3) is 0.714. The van der Waals surface area contributed by atoms with E-state index in [4.69, 9.17) is 10.5 Å². The van der Waals surface area contributed by atoms with E-state index in [1.54, 1.807) is 6.20 Å². The molecule has 0 spiro atoms. The quantitative estimate of drug-likeness (QED) is 0.865. The van der Waals surface area contributed by atoms with Crippen molar-refractivity contribution in [3.05, 3.63) is 17.5 Å². The van der Waals surface area contributed by atoms with Crippen molar-refractivity contribution in [3.8, 4) is 0 Å². The summed E-state index contributed by atoms with van der Waals surface area (Å²) in [5.74, 6) is 0.0663. The summed E-state index contributed by atoms with van der Waals surface area (Å²) in [5, 5.41) is 4.30. The lowest BCUT2D eigenvalue weighted by molar-refractivity contribution is -0.00284. The maximum atomic E-state index is 12.7. The molecule has 0 aliphatic carbocycles. The molecule has 0 saturated carbocycles. The summed E-state index contributed by atoms with van der Waals surface area (Å²) < 4.78 is 7.31. The zero-order chi connectivity index (χ0) is 14.5. The molecule has 20 heavy (non-hydrogen) atoms. The molecule has 2 rings (SSSR count). The van der Waals surface area contributed by atoms with E-state index < -0.39 is 0 Å². The van der Waals surface area contributed by atoms with E-state index in [1.165, 1.54) is 0 Å². The fourth-order valence-electron chi connectivity index (χ4n) is 2.54. The standard InChI is InChI=1S/C14H24N4O2/c1-3-12-10-20-8-7-17(12)14(19)13-9-16-18(11(13)2)6-4-5-15/h9,12H,3-8,10,15H2,1-2H3. The average molecular weight is 280 g/mol. The van der Waals surface area contributed by atoms with Crippen LogP contribution < -0.4 is 5.73 Å². The van der Waals surface area contributed by atoms with Crippen LogP contribution in [-0.2, 0) is 11.3 Å². The molecule has 2 heterocycles. The van der Waals surface area contributed by atoms with Crippen LogP contribution in [0.15, 0.2) is 6.20 Å². The Morgan fingerprint density at radius 1 is 1.60 bits per heavy atom. The van der Waals surface area contributed by atoms with E-state index in [9.17, 15) is 4.79 Å². The number of aromatic nitrogens is 2. The van der Waals surface area contributed by atoms with E-state index >= 15 is 0 Å². The molecule has 1 saturated heterocycles. The smallest absolute Gasteiger partial charge is 0.257 e. The molecule has 0 bridgehead atoms. The molecule has 1 aliphatic heterocycles. The van der Waals surface area contributed by atoms with Gasteiger partial charge in [0.1, 0.15) is 0 Å².